The van der Waals surface area contributed by atoms with E-state index in [-0.39, 0.29) is 34.9 Å². The number of carbonyl (C=O) groups excluding carboxylic acids is 1. The number of nitrogens with zero attached hydrogens (tertiary/aromatic N) is 4. The first-order valence-electron chi connectivity index (χ1n) is 8.78. The maximum absolute atomic E-state index is 12.6. The van der Waals surface area contributed by atoms with E-state index in [1.807, 2.05) is 4.90 Å². The van der Waals surface area contributed by atoms with Gasteiger partial charge in [-0.15, -0.1) is 0 Å². The zero-order valence-corrected chi connectivity index (χ0v) is 16.8. The van der Waals surface area contributed by atoms with Gasteiger partial charge in [-0.2, -0.15) is 4.31 Å². The highest BCUT2D eigenvalue weighted by Crippen LogP contribution is 2.18. The zero-order chi connectivity index (χ0) is 19.7. The van der Waals surface area contributed by atoms with E-state index < -0.39 is 19.9 Å². The summed E-state index contributed by atoms with van der Waals surface area (Å²) in [6, 6.07) is 2.83. The molecule has 0 aromatic carbocycles. The number of aromatic nitrogens is 1. The Morgan fingerprint density at radius 2 is 2.00 bits per heavy atom. The second kappa shape index (κ2) is 7.82. The summed E-state index contributed by atoms with van der Waals surface area (Å²) >= 11 is 0. The quantitative estimate of drug-likeness (QED) is 0.608. The molecule has 0 bridgehead atoms. The molecule has 1 aromatic rings. The fourth-order valence-corrected chi connectivity index (χ4v) is 6.53. The number of amides is 1. The van der Waals surface area contributed by atoms with Crippen LogP contribution in [-0.2, 0) is 24.7 Å². The maximum atomic E-state index is 12.6. The minimum absolute atomic E-state index is 0.0202. The summed E-state index contributed by atoms with van der Waals surface area (Å²) in [5, 5.41) is 0. The molecule has 3 heterocycles. The van der Waals surface area contributed by atoms with Crippen LogP contribution in [0, 0.1) is 0 Å². The molecule has 150 valence electrons. The van der Waals surface area contributed by atoms with Crippen LogP contribution in [-0.4, -0.2) is 99.2 Å². The van der Waals surface area contributed by atoms with E-state index in [1.165, 1.54) is 27.7 Å². The Balaban J connectivity index is 1.53. The van der Waals surface area contributed by atoms with E-state index in [1.54, 1.807) is 13.1 Å². The lowest BCUT2D eigenvalue weighted by molar-refractivity contribution is -0.133. The molecule has 0 saturated carbocycles. The van der Waals surface area contributed by atoms with Gasteiger partial charge in [-0.1, -0.05) is 0 Å². The summed E-state index contributed by atoms with van der Waals surface area (Å²) in [5.74, 6) is 0.00710. The third kappa shape index (κ3) is 4.65. The highest BCUT2D eigenvalue weighted by molar-refractivity contribution is 7.91. The van der Waals surface area contributed by atoms with Crippen molar-refractivity contribution in [3.05, 3.63) is 24.5 Å². The predicted molar refractivity (Wildman–Crippen MR) is 99.3 cm³/mol. The van der Waals surface area contributed by atoms with Gasteiger partial charge >= 0.3 is 0 Å². The lowest BCUT2D eigenvalue weighted by atomic mass is 10.2. The Morgan fingerprint density at radius 1 is 1.30 bits per heavy atom. The first kappa shape index (κ1) is 20.2. The summed E-state index contributed by atoms with van der Waals surface area (Å²) in [6.45, 7) is 1.65. The summed E-state index contributed by atoms with van der Waals surface area (Å²) in [6.07, 6.45) is 3.33. The van der Waals surface area contributed by atoms with Crippen LogP contribution in [0.15, 0.2) is 29.4 Å². The van der Waals surface area contributed by atoms with Gasteiger partial charge in [0, 0.05) is 51.7 Å². The molecule has 27 heavy (non-hydrogen) atoms. The molecule has 1 atom stereocenters. The normalized spacial score (nSPS) is 24.0. The molecule has 2 aliphatic rings. The fourth-order valence-electron chi connectivity index (χ4n) is 3.36. The number of pyridine rings is 1. The lowest BCUT2D eigenvalue weighted by Gasteiger charge is -2.34. The Hall–Kier alpha value is -1.56. The number of rotatable bonds is 5. The van der Waals surface area contributed by atoms with Crippen LogP contribution >= 0.6 is 0 Å². The molecule has 0 N–H and O–H groups in total. The largest absolute Gasteiger partial charge is 0.341 e. The molecular formula is C16H24N4O5S2. The van der Waals surface area contributed by atoms with Gasteiger partial charge in [-0.3, -0.25) is 14.7 Å². The minimum Gasteiger partial charge on any atom is -0.341 e. The second-order valence-corrected chi connectivity index (χ2v) is 11.1. The topological polar surface area (TPSA) is 108 Å². The summed E-state index contributed by atoms with van der Waals surface area (Å²) in [7, 11) is -4.98. The van der Waals surface area contributed by atoms with Crippen molar-refractivity contribution < 1.29 is 21.6 Å². The molecule has 3 rings (SSSR count). The molecule has 1 aromatic heterocycles. The van der Waals surface area contributed by atoms with Gasteiger partial charge in [-0.05, 0) is 18.6 Å². The van der Waals surface area contributed by atoms with E-state index in [0.717, 1.165) is 0 Å². The number of hydrogen-bond donors (Lipinski definition) is 0. The number of carbonyl (C=O) groups is 1. The third-order valence-electron chi connectivity index (χ3n) is 5.11. The minimum atomic E-state index is -3.57. The Morgan fingerprint density at radius 3 is 2.56 bits per heavy atom. The molecular weight excluding hydrogens is 392 g/mol. The van der Waals surface area contributed by atoms with E-state index in [4.69, 9.17) is 0 Å². The maximum Gasteiger partial charge on any atom is 0.244 e. The highest BCUT2D eigenvalue weighted by Gasteiger charge is 2.34. The molecule has 1 unspecified atom stereocenters. The lowest BCUT2D eigenvalue weighted by Crippen LogP contribution is -2.52. The van der Waals surface area contributed by atoms with Gasteiger partial charge in [0.05, 0.1) is 18.1 Å². The van der Waals surface area contributed by atoms with Crippen LogP contribution in [0.1, 0.15) is 6.42 Å². The van der Waals surface area contributed by atoms with Crippen molar-refractivity contribution in [3.63, 3.8) is 0 Å². The van der Waals surface area contributed by atoms with Crippen LogP contribution in [0.2, 0.25) is 0 Å². The van der Waals surface area contributed by atoms with E-state index in [9.17, 15) is 21.6 Å². The highest BCUT2D eigenvalue weighted by atomic mass is 32.2. The van der Waals surface area contributed by atoms with Gasteiger partial charge in [0.15, 0.2) is 9.84 Å². The first-order valence-corrected chi connectivity index (χ1v) is 12.0. The van der Waals surface area contributed by atoms with Gasteiger partial charge in [0.1, 0.15) is 4.90 Å². The summed E-state index contributed by atoms with van der Waals surface area (Å²) in [4.78, 5) is 19.9. The molecule has 1 amide bonds. The van der Waals surface area contributed by atoms with Crippen molar-refractivity contribution in [2.45, 2.75) is 17.4 Å². The number of hydrogen-bond acceptors (Lipinski definition) is 7. The average Bonchev–Trinajstić information content (AvgIpc) is 3.02. The molecule has 2 aliphatic heterocycles. The molecule has 11 heteroatoms. The average molecular weight is 417 g/mol. The Bertz CT molecular complexity index is 881. The van der Waals surface area contributed by atoms with Crippen LogP contribution in [0.5, 0.6) is 0 Å². The molecule has 2 saturated heterocycles. The SMILES string of the molecule is CN(C(=O)CN1CCN(S(=O)(=O)c2cccnc2)CC1)C1CCS(=O)(=O)C1. The van der Waals surface area contributed by atoms with Gasteiger partial charge in [0.2, 0.25) is 15.9 Å². The van der Waals surface area contributed by atoms with Crippen LogP contribution in [0.25, 0.3) is 0 Å². The van der Waals surface area contributed by atoms with Crippen LogP contribution in [0.4, 0.5) is 0 Å². The van der Waals surface area contributed by atoms with Crippen molar-refractivity contribution in [1.82, 2.24) is 19.1 Å². The third-order valence-corrected chi connectivity index (χ3v) is 8.74. The van der Waals surface area contributed by atoms with Crippen molar-refractivity contribution in [2.24, 2.45) is 0 Å². The van der Waals surface area contributed by atoms with Crippen molar-refractivity contribution in [1.29, 1.82) is 0 Å². The number of sulfonamides is 1. The predicted octanol–water partition coefficient (Wildman–Crippen LogP) is -0.967. The van der Waals surface area contributed by atoms with Crippen LogP contribution in [0.3, 0.4) is 0 Å². The van der Waals surface area contributed by atoms with E-state index in [2.05, 4.69) is 4.98 Å². The number of piperazine rings is 1. The molecule has 9 nitrogen and oxygen atoms in total. The standard InChI is InChI=1S/C16H24N4O5S2/c1-18(14-4-10-26(22,23)13-14)16(21)12-19-6-8-20(9-7-19)27(24,25)15-3-2-5-17-11-15/h2-3,5,11,14H,4,6-10,12-13H2,1H3. The van der Waals surface area contributed by atoms with Crippen molar-refractivity contribution >= 4 is 25.8 Å². The second-order valence-electron chi connectivity index (χ2n) is 6.93. The summed E-state index contributed by atoms with van der Waals surface area (Å²) in [5.41, 5.74) is 0. The smallest absolute Gasteiger partial charge is 0.244 e. The zero-order valence-electron chi connectivity index (χ0n) is 15.2. The molecule has 2 fully saturated rings. The number of sulfone groups is 1. The van der Waals surface area contributed by atoms with Crippen molar-refractivity contribution in [3.8, 4) is 0 Å². The van der Waals surface area contributed by atoms with Crippen LogP contribution < -0.4 is 0 Å². The Kier molecular flexibility index (Phi) is 5.84. The monoisotopic (exact) mass is 416 g/mol. The van der Waals surface area contributed by atoms with Gasteiger partial charge in [0.25, 0.3) is 0 Å². The van der Waals surface area contributed by atoms with E-state index >= 15 is 0 Å². The van der Waals surface area contributed by atoms with Crippen molar-refractivity contribution in [2.75, 3.05) is 51.3 Å². The van der Waals surface area contributed by atoms with Gasteiger partial charge in [-0.25, -0.2) is 16.8 Å². The fraction of sp³-hybridized carbons (Fsp3) is 0.625. The van der Waals surface area contributed by atoms with Gasteiger partial charge < -0.3 is 4.90 Å². The number of likely N-dealkylation sites (N-methyl/N-ethyl adjacent to an activating group) is 1. The Labute approximate surface area is 159 Å². The first-order chi connectivity index (χ1) is 12.7. The van der Waals surface area contributed by atoms with E-state index in [0.29, 0.717) is 32.6 Å². The molecule has 0 aliphatic carbocycles. The molecule has 0 radical (unpaired) electrons. The molecule has 0 spiro atoms. The summed E-state index contributed by atoms with van der Waals surface area (Å²) < 4.78 is 49.8.